The molecule has 1 saturated carbocycles. The molecule has 1 spiro atoms. The molecular formula is C10H16O2. The SMILES string of the molecule is C=C1COC2(CCC(C)CC2)O1. The van der Waals surface area contributed by atoms with Crippen molar-refractivity contribution in [3.8, 4) is 0 Å². The van der Waals surface area contributed by atoms with Crippen LogP contribution in [0.25, 0.3) is 0 Å². The van der Waals surface area contributed by atoms with Crippen molar-refractivity contribution >= 4 is 0 Å². The van der Waals surface area contributed by atoms with Gasteiger partial charge >= 0.3 is 0 Å². The van der Waals surface area contributed by atoms with E-state index in [1.807, 2.05) is 0 Å². The van der Waals surface area contributed by atoms with Crippen LogP contribution in [0.3, 0.4) is 0 Å². The van der Waals surface area contributed by atoms with Gasteiger partial charge in [0.1, 0.15) is 12.4 Å². The molecule has 2 aliphatic rings. The highest BCUT2D eigenvalue weighted by Crippen LogP contribution is 2.40. The minimum atomic E-state index is -0.274. The van der Waals surface area contributed by atoms with E-state index in [-0.39, 0.29) is 5.79 Å². The maximum atomic E-state index is 5.62. The van der Waals surface area contributed by atoms with Gasteiger partial charge < -0.3 is 9.47 Å². The van der Waals surface area contributed by atoms with E-state index in [0.717, 1.165) is 24.5 Å². The maximum absolute atomic E-state index is 5.62. The van der Waals surface area contributed by atoms with E-state index < -0.39 is 0 Å². The van der Waals surface area contributed by atoms with Crippen molar-refractivity contribution in [2.75, 3.05) is 6.61 Å². The lowest BCUT2D eigenvalue weighted by atomic mass is 9.86. The summed E-state index contributed by atoms with van der Waals surface area (Å²) in [4.78, 5) is 0. The van der Waals surface area contributed by atoms with Gasteiger partial charge in [-0.2, -0.15) is 0 Å². The van der Waals surface area contributed by atoms with Crippen LogP contribution < -0.4 is 0 Å². The molecule has 1 aliphatic heterocycles. The zero-order chi connectivity index (χ0) is 8.60. The summed E-state index contributed by atoms with van der Waals surface area (Å²) in [5.41, 5.74) is 0. The van der Waals surface area contributed by atoms with Crippen LogP contribution in [0.5, 0.6) is 0 Å². The molecule has 68 valence electrons. The third kappa shape index (κ3) is 1.36. The predicted octanol–water partition coefficient (Wildman–Crippen LogP) is 2.45. The molecule has 0 bridgehead atoms. The molecule has 0 unspecified atom stereocenters. The van der Waals surface area contributed by atoms with Crippen LogP contribution in [0, 0.1) is 5.92 Å². The normalized spacial score (nSPS) is 41.8. The first-order valence-electron chi connectivity index (χ1n) is 4.71. The van der Waals surface area contributed by atoms with Crippen molar-refractivity contribution in [3.05, 3.63) is 12.3 Å². The standard InChI is InChI=1S/C10H16O2/c1-8-3-5-10(6-4-8)11-7-9(2)12-10/h8H,2-7H2,1H3. The zero-order valence-corrected chi connectivity index (χ0v) is 7.64. The quantitative estimate of drug-likeness (QED) is 0.553. The number of hydrogen-bond acceptors (Lipinski definition) is 2. The van der Waals surface area contributed by atoms with Gasteiger partial charge in [0, 0.05) is 12.8 Å². The molecule has 0 atom stereocenters. The Labute approximate surface area is 73.5 Å². The molecular weight excluding hydrogens is 152 g/mol. The minimum absolute atomic E-state index is 0.274. The smallest absolute Gasteiger partial charge is 0.210 e. The summed E-state index contributed by atoms with van der Waals surface area (Å²) in [6, 6.07) is 0. The second kappa shape index (κ2) is 2.77. The molecule has 0 N–H and O–H groups in total. The molecule has 0 aromatic rings. The third-order valence-corrected chi connectivity index (χ3v) is 2.86. The predicted molar refractivity (Wildman–Crippen MR) is 46.5 cm³/mol. The molecule has 2 nitrogen and oxygen atoms in total. The molecule has 1 saturated heterocycles. The first-order chi connectivity index (χ1) is 5.70. The van der Waals surface area contributed by atoms with Gasteiger partial charge in [0.05, 0.1) is 0 Å². The van der Waals surface area contributed by atoms with E-state index in [2.05, 4.69) is 13.5 Å². The molecule has 0 aromatic heterocycles. The van der Waals surface area contributed by atoms with E-state index in [9.17, 15) is 0 Å². The minimum Gasteiger partial charge on any atom is -0.465 e. The molecule has 2 heteroatoms. The van der Waals surface area contributed by atoms with Crippen LogP contribution in [0.2, 0.25) is 0 Å². The van der Waals surface area contributed by atoms with Crippen molar-refractivity contribution in [2.45, 2.75) is 38.4 Å². The van der Waals surface area contributed by atoms with Crippen LogP contribution in [0.4, 0.5) is 0 Å². The van der Waals surface area contributed by atoms with Gasteiger partial charge in [-0.1, -0.05) is 13.5 Å². The summed E-state index contributed by atoms with van der Waals surface area (Å²) in [6.45, 7) is 6.66. The monoisotopic (exact) mass is 168 g/mol. The Kier molecular flexibility index (Phi) is 1.87. The first-order valence-corrected chi connectivity index (χ1v) is 4.71. The van der Waals surface area contributed by atoms with Gasteiger partial charge in [-0.25, -0.2) is 0 Å². The molecule has 1 aliphatic carbocycles. The molecule has 1 heterocycles. The second-order valence-corrected chi connectivity index (χ2v) is 4.02. The molecule has 0 radical (unpaired) electrons. The van der Waals surface area contributed by atoms with Gasteiger partial charge in [-0.3, -0.25) is 0 Å². The molecule has 2 rings (SSSR count). The van der Waals surface area contributed by atoms with E-state index in [1.165, 1.54) is 12.8 Å². The summed E-state index contributed by atoms with van der Waals surface area (Å²) in [6.07, 6.45) is 4.50. The average Bonchev–Trinajstić information content (AvgIpc) is 2.40. The highest BCUT2D eigenvalue weighted by Gasteiger charge is 2.41. The Hall–Kier alpha value is -0.500. The third-order valence-electron chi connectivity index (χ3n) is 2.86. The number of ether oxygens (including phenoxy) is 2. The van der Waals surface area contributed by atoms with Crippen molar-refractivity contribution in [1.29, 1.82) is 0 Å². The largest absolute Gasteiger partial charge is 0.465 e. The average molecular weight is 168 g/mol. The fourth-order valence-corrected chi connectivity index (χ4v) is 1.98. The van der Waals surface area contributed by atoms with E-state index in [4.69, 9.17) is 9.47 Å². The van der Waals surface area contributed by atoms with E-state index in [0.29, 0.717) is 6.61 Å². The molecule has 0 aromatic carbocycles. The van der Waals surface area contributed by atoms with Gasteiger partial charge in [0.25, 0.3) is 0 Å². The van der Waals surface area contributed by atoms with E-state index in [1.54, 1.807) is 0 Å². The van der Waals surface area contributed by atoms with Crippen molar-refractivity contribution in [1.82, 2.24) is 0 Å². The first kappa shape index (κ1) is 8.11. The van der Waals surface area contributed by atoms with Gasteiger partial charge in [0.2, 0.25) is 5.79 Å². The Morgan fingerprint density at radius 3 is 2.58 bits per heavy atom. The van der Waals surface area contributed by atoms with Crippen LogP contribution in [-0.2, 0) is 9.47 Å². The van der Waals surface area contributed by atoms with Crippen LogP contribution in [0.15, 0.2) is 12.3 Å². The summed E-state index contributed by atoms with van der Waals surface area (Å²) >= 11 is 0. The summed E-state index contributed by atoms with van der Waals surface area (Å²) in [7, 11) is 0. The zero-order valence-electron chi connectivity index (χ0n) is 7.64. The fourth-order valence-electron chi connectivity index (χ4n) is 1.98. The van der Waals surface area contributed by atoms with Crippen LogP contribution in [-0.4, -0.2) is 12.4 Å². The summed E-state index contributed by atoms with van der Waals surface area (Å²) in [5.74, 6) is 1.35. The van der Waals surface area contributed by atoms with Crippen molar-refractivity contribution < 1.29 is 9.47 Å². The van der Waals surface area contributed by atoms with Crippen molar-refractivity contribution in [3.63, 3.8) is 0 Å². The lowest BCUT2D eigenvalue weighted by Crippen LogP contribution is -2.34. The van der Waals surface area contributed by atoms with Gasteiger partial charge in [-0.15, -0.1) is 0 Å². The van der Waals surface area contributed by atoms with E-state index >= 15 is 0 Å². The van der Waals surface area contributed by atoms with Crippen molar-refractivity contribution in [2.24, 2.45) is 5.92 Å². The Balaban J connectivity index is 1.99. The topological polar surface area (TPSA) is 18.5 Å². The lowest BCUT2D eigenvalue weighted by molar-refractivity contribution is -0.173. The highest BCUT2D eigenvalue weighted by atomic mass is 16.7. The van der Waals surface area contributed by atoms with Crippen LogP contribution >= 0.6 is 0 Å². The molecule has 12 heavy (non-hydrogen) atoms. The number of hydrogen-bond donors (Lipinski definition) is 0. The lowest BCUT2D eigenvalue weighted by Gasteiger charge is -2.33. The second-order valence-electron chi connectivity index (χ2n) is 4.02. The molecule has 2 fully saturated rings. The fraction of sp³-hybridized carbons (Fsp3) is 0.800. The maximum Gasteiger partial charge on any atom is 0.210 e. The highest BCUT2D eigenvalue weighted by molar-refractivity contribution is 4.95. The number of rotatable bonds is 0. The van der Waals surface area contributed by atoms with Gasteiger partial charge in [-0.05, 0) is 18.8 Å². The van der Waals surface area contributed by atoms with Gasteiger partial charge in [0.15, 0.2) is 0 Å². The Morgan fingerprint density at radius 2 is 2.08 bits per heavy atom. The Morgan fingerprint density at radius 1 is 1.42 bits per heavy atom. The summed E-state index contributed by atoms with van der Waals surface area (Å²) in [5, 5.41) is 0. The van der Waals surface area contributed by atoms with Crippen LogP contribution in [0.1, 0.15) is 32.6 Å². The Bertz CT molecular complexity index is 190. The summed E-state index contributed by atoms with van der Waals surface area (Å²) < 4.78 is 11.2. The molecule has 0 amide bonds.